The van der Waals surface area contributed by atoms with E-state index in [1.807, 2.05) is 27.7 Å². The normalized spacial score (nSPS) is 12.4. The van der Waals surface area contributed by atoms with Gasteiger partial charge in [0.1, 0.15) is 12.7 Å². The molecule has 0 fully saturated rings. The Morgan fingerprint density at radius 2 is 1.24 bits per heavy atom. The fraction of sp³-hybridized carbons (Fsp3) is 0.467. The first kappa shape index (κ1) is 15.2. The molecule has 2 aromatic heterocycles. The van der Waals surface area contributed by atoms with Crippen LogP contribution in [0.5, 0.6) is 0 Å². The Hall–Kier alpha value is -2.24. The minimum Gasteiger partial charge on any atom is -0.276 e. The van der Waals surface area contributed by atoms with E-state index >= 15 is 0 Å². The number of aromatic nitrogens is 4. The van der Waals surface area contributed by atoms with E-state index in [-0.39, 0.29) is 11.8 Å². The molecule has 0 aliphatic heterocycles. The third-order valence-corrected chi connectivity index (χ3v) is 3.52. The van der Waals surface area contributed by atoms with Gasteiger partial charge in [-0.05, 0) is 6.42 Å². The van der Waals surface area contributed by atoms with Crippen LogP contribution in [0.15, 0.2) is 37.4 Å². The highest BCUT2D eigenvalue weighted by molar-refractivity contribution is 5.87. The summed E-state index contributed by atoms with van der Waals surface area (Å²) in [7, 11) is 0. The molecule has 21 heavy (non-hydrogen) atoms. The molecule has 0 atom stereocenters. The maximum atomic E-state index is 12.5. The molecule has 112 valence electrons. The van der Waals surface area contributed by atoms with Crippen molar-refractivity contribution in [2.45, 2.75) is 34.1 Å². The largest absolute Gasteiger partial charge is 0.276 e. The van der Waals surface area contributed by atoms with Crippen molar-refractivity contribution in [3.8, 4) is 0 Å². The van der Waals surface area contributed by atoms with Gasteiger partial charge in [0.15, 0.2) is 0 Å². The van der Waals surface area contributed by atoms with E-state index in [9.17, 15) is 9.59 Å². The molecule has 0 radical (unpaired) electrons. The van der Waals surface area contributed by atoms with E-state index < -0.39 is 10.8 Å². The van der Waals surface area contributed by atoms with Crippen LogP contribution in [-0.2, 0) is 0 Å². The molecule has 6 nitrogen and oxygen atoms in total. The van der Waals surface area contributed by atoms with Gasteiger partial charge in [0.2, 0.25) is 11.8 Å². The number of hydrogen-bond acceptors (Lipinski definition) is 4. The van der Waals surface area contributed by atoms with Crippen molar-refractivity contribution in [2.75, 3.05) is 0 Å². The second-order valence-electron chi connectivity index (χ2n) is 6.49. The monoisotopic (exact) mass is 288 g/mol. The Balaban J connectivity index is 2.18. The Bertz CT molecular complexity index is 568. The zero-order chi connectivity index (χ0) is 15.7. The number of rotatable bonds is 4. The molecule has 0 spiro atoms. The van der Waals surface area contributed by atoms with Gasteiger partial charge < -0.3 is 0 Å². The molecule has 2 rings (SSSR count). The highest BCUT2D eigenvalue weighted by Gasteiger charge is 2.39. The summed E-state index contributed by atoms with van der Waals surface area (Å²) in [5.41, 5.74) is -1.36. The van der Waals surface area contributed by atoms with Gasteiger partial charge in [-0.15, -0.1) is 0 Å². The maximum absolute atomic E-state index is 12.5. The van der Waals surface area contributed by atoms with E-state index in [4.69, 9.17) is 0 Å². The van der Waals surface area contributed by atoms with Crippen LogP contribution in [0.1, 0.15) is 43.7 Å². The van der Waals surface area contributed by atoms with Gasteiger partial charge >= 0.3 is 0 Å². The number of hydrogen-bond donors (Lipinski definition) is 0. The molecule has 0 aliphatic carbocycles. The number of imidazole rings is 2. The van der Waals surface area contributed by atoms with Crippen molar-refractivity contribution in [1.29, 1.82) is 0 Å². The Kier molecular flexibility index (Phi) is 3.80. The molecule has 0 unspecified atom stereocenters. The van der Waals surface area contributed by atoms with E-state index in [1.165, 1.54) is 21.8 Å². The van der Waals surface area contributed by atoms with Crippen LogP contribution in [0.2, 0.25) is 0 Å². The summed E-state index contributed by atoms with van der Waals surface area (Å²) in [6.07, 6.45) is 9.76. The predicted octanol–water partition coefficient (Wildman–Crippen LogP) is 2.50. The lowest BCUT2D eigenvalue weighted by Crippen LogP contribution is -2.39. The molecule has 0 aliphatic rings. The molecule has 2 aromatic rings. The highest BCUT2D eigenvalue weighted by Crippen LogP contribution is 2.36. The molecule has 0 saturated carbocycles. The van der Waals surface area contributed by atoms with Crippen molar-refractivity contribution in [1.82, 2.24) is 19.1 Å². The van der Waals surface area contributed by atoms with Crippen LogP contribution in [0.4, 0.5) is 0 Å². The van der Waals surface area contributed by atoms with Crippen LogP contribution < -0.4 is 0 Å². The van der Waals surface area contributed by atoms with E-state index in [0.717, 1.165) is 0 Å². The first-order valence-corrected chi connectivity index (χ1v) is 6.79. The molecule has 0 saturated heterocycles. The summed E-state index contributed by atoms with van der Waals surface area (Å²) in [4.78, 5) is 32.8. The quantitative estimate of drug-likeness (QED) is 0.866. The first-order chi connectivity index (χ1) is 9.74. The minimum absolute atomic E-state index is 0.0773. The van der Waals surface area contributed by atoms with Crippen molar-refractivity contribution >= 4 is 11.8 Å². The summed E-state index contributed by atoms with van der Waals surface area (Å²) >= 11 is 0. The van der Waals surface area contributed by atoms with Gasteiger partial charge in [-0.3, -0.25) is 18.7 Å². The smallest absolute Gasteiger partial charge is 0.237 e. The molecule has 0 aromatic carbocycles. The van der Waals surface area contributed by atoms with Crippen LogP contribution in [0.3, 0.4) is 0 Å². The van der Waals surface area contributed by atoms with E-state index in [2.05, 4.69) is 9.97 Å². The fourth-order valence-electron chi connectivity index (χ4n) is 2.71. The maximum Gasteiger partial charge on any atom is 0.237 e. The zero-order valence-corrected chi connectivity index (χ0v) is 12.8. The van der Waals surface area contributed by atoms with E-state index in [1.54, 1.807) is 24.8 Å². The molecule has 6 heteroatoms. The molecular formula is C15H20N4O2. The SMILES string of the molecule is CC(C)(CC(C)(C)C(=O)n1ccnc1)C(=O)n1ccnc1. The average Bonchev–Trinajstić information content (AvgIpc) is 3.08. The van der Waals surface area contributed by atoms with Crippen molar-refractivity contribution < 1.29 is 9.59 Å². The molecule has 0 amide bonds. The van der Waals surface area contributed by atoms with E-state index in [0.29, 0.717) is 6.42 Å². The number of carbonyl (C=O) groups is 2. The second kappa shape index (κ2) is 5.27. The fourth-order valence-corrected chi connectivity index (χ4v) is 2.71. The summed E-state index contributed by atoms with van der Waals surface area (Å²) in [5, 5.41) is 0. The third-order valence-electron chi connectivity index (χ3n) is 3.52. The van der Waals surface area contributed by atoms with Crippen LogP contribution in [0.25, 0.3) is 0 Å². The lowest BCUT2D eigenvalue weighted by atomic mass is 9.74. The van der Waals surface area contributed by atoms with Gasteiger partial charge in [0.05, 0.1) is 0 Å². The average molecular weight is 288 g/mol. The number of carbonyl (C=O) groups excluding carboxylic acids is 2. The van der Waals surface area contributed by atoms with Gasteiger partial charge in [0.25, 0.3) is 0 Å². The lowest BCUT2D eigenvalue weighted by molar-refractivity contribution is 0.0568. The second-order valence-corrected chi connectivity index (χ2v) is 6.49. The highest BCUT2D eigenvalue weighted by atomic mass is 16.2. The Labute approximate surface area is 123 Å². The summed E-state index contributed by atoms with van der Waals surface area (Å²) in [6.45, 7) is 7.38. The van der Waals surface area contributed by atoms with Crippen molar-refractivity contribution in [3.05, 3.63) is 37.4 Å². The standard InChI is InChI=1S/C15H20N4O2/c1-14(2,12(20)18-7-5-16-10-18)9-15(3,4)13(21)19-8-6-17-11-19/h5-8,10-11H,9H2,1-4H3. The van der Waals surface area contributed by atoms with Gasteiger partial charge in [-0.25, -0.2) is 9.97 Å². The Morgan fingerprint density at radius 1 is 0.857 bits per heavy atom. The van der Waals surface area contributed by atoms with Gasteiger partial charge in [-0.1, -0.05) is 27.7 Å². The van der Waals surface area contributed by atoms with Crippen molar-refractivity contribution in [3.63, 3.8) is 0 Å². The van der Waals surface area contributed by atoms with Gasteiger partial charge in [0, 0.05) is 35.6 Å². The molecule has 2 heterocycles. The third kappa shape index (κ3) is 3.09. The molecule has 0 N–H and O–H groups in total. The molecule has 0 bridgehead atoms. The summed E-state index contributed by atoms with van der Waals surface area (Å²) in [5.74, 6) is -0.155. The Morgan fingerprint density at radius 3 is 1.52 bits per heavy atom. The molecular weight excluding hydrogens is 268 g/mol. The number of nitrogens with zero attached hydrogens (tertiary/aromatic N) is 4. The summed E-state index contributed by atoms with van der Waals surface area (Å²) in [6, 6.07) is 0. The van der Waals surface area contributed by atoms with Crippen LogP contribution in [0, 0.1) is 10.8 Å². The van der Waals surface area contributed by atoms with Crippen molar-refractivity contribution in [2.24, 2.45) is 10.8 Å². The zero-order valence-electron chi connectivity index (χ0n) is 12.8. The minimum atomic E-state index is -0.680. The first-order valence-electron chi connectivity index (χ1n) is 6.79. The lowest BCUT2D eigenvalue weighted by Gasteiger charge is -2.32. The predicted molar refractivity (Wildman–Crippen MR) is 77.9 cm³/mol. The summed E-state index contributed by atoms with van der Waals surface area (Å²) < 4.78 is 2.91. The van der Waals surface area contributed by atoms with Crippen LogP contribution in [-0.4, -0.2) is 30.9 Å². The van der Waals surface area contributed by atoms with Crippen LogP contribution >= 0.6 is 0 Å². The topological polar surface area (TPSA) is 69.8 Å². The van der Waals surface area contributed by atoms with Gasteiger partial charge in [-0.2, -0.15) is 0 Å².